The highest BCUT2D eigenvalue weighted by molar-refractivity contribution is 5.21. The first-order valence-corrected chi connectivity index (χ1v) is 9.22. The fourth-order valence-electron chi connectivity index (χ4n) is 3.43. The Morgan fingerprint density at radius 3 is 2.86 bits per heavy atom. The van der Waals surface area contributed by atoms with Crippen LogP contribution in [0.3, 0.4) is 0 Å². The fourth-order valence-corrected chi connectivity index (χ4v) is 3.43. The van der Waals surface area contributed by atoms with Gasteiger partial charge in [0, 0.05) is 18.2 Å². The van der Waals surface area contributed by atoms with Crippen LogP contribution in [0.4, 0.5) is 0 Å². The van der Waals surface area contributed by atoms with Crippen LogP contribution in [-0.4, -0.2) is 42.4 Å². The predicted octanol–water partition coefficient (Wildman–Crippen LogP) is 0.537. The molecule has 4 rings (SSSR count). The summed E-state index contributed by atoms with van der Waals surface area (Å²) in [5, 5.41) is 17.9. The van der Waals surface area contributed by atoms with Crippen LogP contribution in [0, 0.1) is 6.92 Å². The predicted molar refractivity (Wildman–Crippen MR) is 102 cm³/mol. The van der Waals surface area contributed by atoms with Crippen molar-refractivity contribution in [2.24, 2.45) is 0 Å². The number of ether oxygens (including phenoxy) is 2. The minimum atomic E-state index is -0.646. The van der Waals surface area contributed by atoms with E-state index in [4.69, 9.17) is 9.47 Å². The van der Waals surface area contributed by atoms with Gasteiger partial charge in [0.2, 0.25) is 0 Å². The number of hydrogen-bond donors (Lipinski definition) is 2. The van der Waals surface area contributed by atoms with E-state index in [-0.39, 0.29) is 19.3 Å². The number of hydrogen-bond acceptors (Lipinski definition) is 7. The van der Waals surface area contributed by atoms with Crippen molar-refractivity contribution in [3.8, 4) is 5.75 Å². The third-order valence-corrected chi connectivity index (χ3v) is 4.93. The number of H-pyrrole nitrogens is 1. The second-order valence-electron chi connectivity index (χ2n) is 6.87. The van der Waals surface area contributed by atoms with Crippen LogP contribution in [0.15, 0.2) is 52.3 Å². The van der Waals surface area contributed by atoms with Crippen LogP contribution in [0.5, 0.6) is 5.75 Å². The molecule has 0 saturated carbocycles. The van der Waals surface area contributed by atoms with Crippen molar-refractivity contribution in [3.63, 3.8) is 0 Å². The zero-order chi connectivity index (χ0) is 20.4. The van der Waals surface area contributed by atoms with Crippen molar-refractivity contribution in [2.75, 3.05) is 6.61 Å². The van der Waals surface area contributed by atoms with E-state index in [1.165, 1.54) is 10.8 Å². The molecule has 0 radical (unpaired) electrons. The zero-order valence-corrected chi connectivity index (χ0v) is 15.8. The van der Waals surface area contributed by atoms with Gasteiger partial charge in [-0.3, -0.25) is 14.3 Å². The fraction of sp³-hybridized carbons (Fsp3) is 0.368. The lowest BCUT2D eigenvalue weighted by atomic mass is 10.1. The molecule has 1 fully saturated rings. The van der Waals surface area contributed by atoms with Crippen molar-refractivity contribution in [2.45, 2.75) is 38.3 Å². The Labute approximate surface area is 165 Å². The topological polar surface area (TPSA) is 124 Å². The molecule has 152 valence electrons. The Morgan fingerprint density at radius 1 is 1.31 bits per heavy atom. The summed E-state index contributed by atoms with van der Waals surface area (Å²) in [4.78, 5) is 26.1. The number of nitrogens with zero attached hydrogens (tertiary/aromatic N) is 4. The zero-order valence-electron chi connectivity index (χ0n) is 15.8. The standard InChI is InChI=1S/C19H21N5O5/c1-12-9-23(19(27)21-18(12)26)17-7-15(16(10-25)29-17)24-13(8-20-22-24)11-28-14-5-3-2-4-6-14/h2-6,8-9,15-17,25H,7,10-11H2,1H3,(H,21,26,27)/t15-,16+,17+/m0/s1. The maximum Gasteiger partial charge on any atom is 0.330 e. The quantitative estimate of drug-likeness (QED) is 0.620. The molecule has 1 aromatic carbocycles. The van der Waals surface area contributed by atoms with Gasteiger partial charge >= 0.3 is 5.69 Å². The van der Waals surface area contributed by atoms with Crippen LogP contribution >= 0.6 is 0 Å². The minimum absolute atomic E-state index is 0.244. The molecule has 2 aromatic heterocycles. The van der Waals surface area contributed by atoms with Crippen molar-refractivity contribution < 1.29 is 14.6 Å². The second-order valence-corrected chi connectivity index (χ2v) is 6.87. The van der Waals surface area contributed by atoms with Gasteiger partial charge in [-0.2, -0.15) is 0 Å². The lowest BCUT2D eigenvalue weighted by molar-refractivity contribution is -0.0326. The molecule has 0 amide bonds. The maximum absolute atomic E-state index is 12.2. The molecular formula is C19H21N5O5. The molecule has 1 saturated heterocycles. The molecule has 0 aliphatic carbocycles. The van der Waals surface area contributed by atoms with E-state index >= 15 is 0 Å². The third-order valence-electron chi connectivity index (χ3n) is 4.93. The van der Waals surface area contributed by atoms with Gasteiger partial charge < -0.3 is 14.6 Å². The van der Waals surface area contributed by atoms with Crippen LogP contribution in [-0.2, 0) is 11.3 Å². The Bertz CT molecular complexity index is 1090. The van der Waals surface area contributed by atoms with Crippen molar-refractivity contribution in [1.29, 1.82) is 0 Å². The number of nitrogens with one attached hydrogen (secondary N) is 1. The largest absolute Gasteiger partial charge is 0.487 e. The van der Waals surface area contributed by atoms with Crippen LogP contribution in [0.1, 0.15) is 29.9 Å². The Kier molecular flexibility index (Phi) is 5.28. The minimum Gasteiger partial charge on any atom is -0.487 e. The molecule has 3 heterocycles. The number of aliphatic hydroxyl groups excluding tert-OH is 1. The summed E-state index contributed by atoms with van der Waals surface area (Å²) in [7, 11) is 0. The molecular weight excluding hydrogens is 378 g/mol. The molecule has 1 aliphatic rings. The average molecular weight is 399 g/mol. The van der Waals surface area contributed by atoms with E-state index in [0.29, 0.717) is 17.7 Å². The number of aromatic nitrogens is 5. The molecule has 1 aliphatic heterocycles. The average Bonchev–Trinajstić information content (AvgIpc) is 3.36. The number of aromatic amines is 1. The second kappa shape index (κ2) is 8.02. The van der Waals surface area contributed by atoms with Crippen LogP contribution in [0.2, 0.25) is 0 Å². The first-order chi connectivity index (χ1) is 14.1. The van der Waals surface area contributed by atoms with Crippen molar-refractivity contribution >= 4 is 0 Å². The first-order valence-electron chi connectivity index (χ1n) is 9.22. The van der Waals surface area contributed by atoms with E-state index < -0.39 is 23.6 Å². The molecule has 0 spiro atoms. The van der Waals surface area contributed by atoms with Crippen LogP contribution in [0.25, 0.3) is 0 Å². The normalized spacial score (nSPS) is 21.4. The molecule has 10 nitrogen and oxygen atoms in total. The number of para-hydroxylation sites is 1. The van der Waals surface area contributed by atoms with E-state index in [9.17, 15) is 14.7 Å². The van der Waals surface area contributed by atoms with E-state index in [0.717, 1.165) is 5.75 Å². The van der Waals surface area contributed by atoms with Gasteiger partial charge in [-0.1, -0.05) is 23.4 Å². The highest BCUT2D eigenvalue weighted by Gasteiger charge is 2.39. The number of benzene rings is 1. The number of rotatable bonds is 6. The lowest BCUT2D eigenvalue weighted by Gasteiger charge is -2.18. The van der Waals surface area contributed by atoms with Crippen molar-refractivity contribution in [3.05, 3.63) is 74.8 Å². The summed E-state index contributed by atoms with van der Waals surface area (Å²) in [6.07, 6.45) is 2.20. The van der Waals surface area contributed by atoms with Gasteiger partial charge in [0.05, 0.1) is 24.5 Å². The van der Waals surface area contributed by atoms with Gasteiger partial charge in [-0.25, -0.2) is 9.48 Å². The summed E-state index contributed by atoms with van der Waals surface area (Å²) in [6.45, 7) is 1.60. The Morgan fingerprint density at radius 2 is 2.10 bits per heavy atom. The highest BCUT2D eigenvalue weighted by atomic mass is 16.5. The molecule has 3 aromatic rings. The van der Waals surface area contributed by atoms with E-state index in [2.05, 4.69) is 15.3 Å². The van der Waals surface area contributed by atoms with Gasteiger partial charge in [0.25, 0.3) is 5.56 Å². The smallest absolute Gasteiger partial charge is 0.330 e. The molecule has 3 atom stereocenters. The molecule has 29 heavy (non-hydrogen) atoms. The molecule has 0 unspecified atom stereocenters. The van der Waals surface area contributed by atoms with Crippen LogP contribution < -0.4 is 16.0 Å². The first kappa shape index (κ1) is 19.1. The number of aliphatic hydroxyl groups is 1. The monoisotopic (exact) mass is 399 g/mol. The maximum atomic E-state index is 12.2. The van der Waals surface area contributed by atoms with Gasteiger partial charge in [-0.15, -0.1) is 5.10 Å². The van der Waals surface area contributed by atoms with Gasteiger partial charge in [-0.05, 0) is 19.1 Å². The summed E-state index contributed by atoms with van der Waals surface area (Å²) in [6, 6.07) is 9.02. The summed E-state index contributed by atoms with van der Waals surface area (Å²) < 4.78 is 14.7. The summed E-state index contributed by atoms with van der Waals surface area (Å²) in [5.74, 6) is 0.717. The molecule has 10 heteroatoms. The van der Waals surface area contributed by atoms with Crippen molar-refractivity contribution in [1.82, 2.24) is 24.5 Å². The molecule has 0 bridgehead atoms. The Hall–Kier alpha value is -3.24. The summed E-state index contributed by atoms with van der Waals surface area (Å²) >= 11 is 0. The van der Waals surface area contributed by atoms with Gasteiger partial charge in [0.1, 0.15) is 24.7 Å². The molecule has 2 N–H and O–H groups in total. The lowest BCUT2D eigenvalue weighted by Crippen LogP contribution is -2.33. The Balaban J connectivity index is 1.56. The van der Waals surface area contributed by atoms with E-state index in [1.807, 2.05) is 30.3 Å². The summed E-state index contributed by atoms with van der Waals surface area (Å²) in [5.41, 5.74) is 0.117. The third kappa shape index (κ3) is 3.84. The SMILES string of the molecule is Cc1cn([C@H]2C[C@H](n3nncc3COc3ccccc3)[C@@H](CO)O2)c(=O)[nH]c1=O. The highest BCUT2D eigenvalue weighted by Crippen LogP contribution is 2.36. The number of aryl methyl sites for hydroxylation is 1. The van der Waals surface area contributed by atoms with Gasteiger partial charge in [0.15, 0.2) is 0 Å². The van der Waals surface area contributed by atoms with E-state index in [1.54, 1.807) is 17.8 Å².